The Kier molecular flexibility index (Phi) is 5.23. The Morgan fingerprint density at radius 1 is 1.12 bits per heavy atom. The number of hydrogen-bond donors (Lipinski definition) is 0. The zero-order valence-corrected chi connectivity index (χ0v) is 15.7. The molecule has 132 valence electrons. The van der Waals surface area contributed by atoms with E-state index >= 15 is 0 Å². The number of methoxy groups -OCH3 is 1. The summed E-state index contributed by atoms with van der Waals surface area (Å²) in [5.41, 5.74) is 1.53. The predicted octanol–water partition coefficient (Wildman–Crippen LogP) is 4.11. The number of thiophene rings is 1. The fourth-order valence-corrected chi connectivity index (χ4v) is 4.27. The smallest absolute Gasteiger partial charge is 0.254 e. The molecule has 2 heterocycles. The number of aryl methyl sites for hydroxylation is 2. The molecule has 0 bridgehead atoms. The number of nitrogens with zero attached hydrogens (tertiary/aromatic N) is 1. The molecule has 0 aliphatic carbocycles. The molecule has 0 atom stereocenters. The van der Waals surface area contributed by atoms with Crippen LogP contribution in [0.4, 0.5) is 0 Å². The molecule has 5 heteroatoms. The van der Waals surface area contributed by atoms with Crippen LogP contribution in [0.3, 0.4) is 0 Å². The van der Waals surface area contributed by atoms with Gasteiger partial charge in [-0.05, 0) is 57.0 Å². The number of hydrogen-bond acceptors (Lipinski definition) is 4. The van der Waals surface area contributed by atoms with Gasteiger partial charge in [0.1, 0.15) is 5.75 Å². The molecular formula is C20H23NO3S. The van der Waals surface area contributed by atoms with Crippen LogP contribution in [-0.4, -0.2) is 36.8 Å². The Labute approximate surface area is 152 Å². The summed E-state index contributed by atoms with van der Waals surface area (Å²) < 4.78 is 5.13. The van der Waals surface area contributed by atoms with Crippen molar-refractivity contribution < 1.29 is 14.3 Å². The maximum absolute atomic E-state index is 12.7. The molecule has 1 aliphatic heterocycles. The van der Waals surface area contributed by atoms with Crippen LogP contribution in [0, 0.1) is 19.8 Å². The van der Waals surface area contributed by atoms with Crippen molar-refractivity contribution in [1.82, 2.24) is 4.90 Å². The van der Waals surface area contributed by atoms with Crippen molar-refractivity contribution >= 4 is 23.0 Å². The fourth-order valence-electron chi connectivity index (χ4n) is 3.35. The van der Waals surface area contributed by atoms with Gasteiger partial charge >= 0.3 is 0 Å². The minimum Gasteiger partial charge on any atom is -0.497 e. The molecule has 1 aromatic heterocycles. The molecule has 1 fully saturated rings. The van der Waals surface area contributed by atoms with Gasteiger partial charge in [-0.25, -0.2) is 0 Å². The Bertz CT molecular complexity index is 771. The molecule has 4 nitrogen and oxygen atoms in total. The summed E-state index contributed by atoms with van der Waals surface area (Å²) >= 11 is 1.66. The molecular weight excluding hydrogens is 334 g/mol. The molecule has 1 amide bonds. The number of rotatable bonds is 4. The van der Waals surface area contributed by atoms with Crippen molar-refractivity contribution in [1.29, 1.82) is 0 Å². The first-order valence-corrected chi connectivity index (χ1v) is 9.36. The van der Waals surface area contributed by atoms with Crippen LogP contribution in [0.2, 0.25) is 0 Å². The number of ketones is 1. The number of benzene rings is 1. The maximum atomic E-state index is 12.7. The van der Waals surface area contributed by atoms with Crippen LogP contribution in [0.25, 0.3) is 0 Å². The van der Waals surface area contributed by atoms with Crippen molar-refractivity contribution in [3.05, 3.63) is 51.2 Å². The lowest BCUT2D eigenvalue weighted by atomic mass is 9.88. The van der Waals surface area contributed by atoms with E-state index in [2.05, 4.69) is 0 Å². The van der Waals surface area contributed by atoms with Crippen LogP contribution in [0.5, 0.6) is 5.75 Å². The third-order valence-corrected chi connectivity index (χ3v) is 5.76. The largest absolute Gasteiger partial charge is 0.497 e. The van der Waals surface area contributed by atoms with E-state index in [-0.39, 0.29) is 17.6 Å². The molecule has 2 aromatic rings. The number of carbonyl (C=O) groups is 2. The van der Waals surface area contributed by atoms with E-state index in [4.69, 9.17) is 4.74 Å². The number of piperidine rings is 1. The summed E-state index contributed by atoms with van der Waals surface area (Å²) in [6.07, 6.45) is 1.44. The monoisotopic (exact) mass is 357 g/mol. The highest BCUT2D eigenvalue weighted by Crippen LogP contribution is 2.26. The average molecular weight is 357 g/mol. The topological polar surface area (TPSA) is 46.6 Å². The maximum Gasteiger partial charge on any atom is 0.254 e. The second-order valence-corrected chi connectivity index (χ2v) is 7.95. The summed E-state index contributed by atoms with van der Waals surface area (Å²) in [7, 11) is 1.61. The number of amides is 1. The van der Waals surface area contributed by atoms with Gasteiger partial charge in [0.2, 0.25) is 0 Å². The van der Waals surface area contributed by atoms with Crippen molar-refractivity contribution in [2.24, 2.45) is 5.92 Å². The fraction of sp³-hybridized carbons (Fsp3) is 0.400. The molecule has 0 N–H and O–H groups in total. The highest BCUT2D eigenvalue weighted by Gasteiger charge is 2.29. The first kappa shape index (κ1) is 17.7. The molecule has 0 radical (unpaired) electrons. The molecule has 1 aliphatic rings. The van der Waals surface area contributed by atoms with E-state index in [1.54, 1.807) is 18.4 Å². The van der Waals surface area contributed by atoms with Crippen LogP contribution in [0.15, 0.2) is 30.3 Å². The average Bonchev–Trinajstić information content (AvgIpc) is 2.99. The quantitative estimate of drug-likeness (QED) is 0.774. The molecule has 3 rings (SSSR count). The van der Waals surface area contributed by atoms with Crippen LogP contribution in [-0.2, 0) is 0 Å². The van der Waals surface area contributed by atoms with Gasteiger partial charge in [-0.2, -0.15) is 0 Å². The van der Waals surface area contributed by atoms with Crippen molar-refractivity contribution in [2.45, 2.75) is 26.7 Å². The van der Waals surface area contributed by atoms with Crippen LogP contribution >= 0.6 is 11.3 Å². The molecule has 1 aromatic carbocycles. The summed E-state index contributed by atoms with van der Waals surface area (Å²) in [6, 6.07) is 9.23. The van der Waals surface area contributed by atoms with Gasteiger partial charge in [0, 0.05) is 34.3 Å². The van der Waals surface area contributed by atoms with Crippen molar-refractivity contribution in [2.75, 3.05) is 20.2 Å². The summed E-state index contributed by atoms with van der Waals surface area (Å²) in [5, 5.41) is 0. The third-order valence-electron chi connectivity index (χ3n) is 4.80. The second kappa shape index (κ2) is 7.40. The van der Waals surface area contributed by atoms with Crippen LogP contribution < -0.4 is 4.74 Å². The summed E-state index contributed by atoms with van der Waals surface area (Å²) in [6.45, 7) is 5.29. The van der Waals surface area contributed by atoms with Gasteiger partial charge in [-0.3, -0.25) is 9.59 Å². The van der Waals surface area contributed by atoms with Gasteiger partial charge < -0.3 is 9.64 Å². The van der Waals surface area contributed by atoms with Crippen molar-refractivity contribution in [3.63, 3.8) is 0 Å². The number of Topliss-reactive ketones (excluding diaryl/α,β-unsaturated/α-hetero) is 1. The Morgan fingerprint density at radius 2 is 1.76 bits per heavy atom. The van der Waals surface area contributed by atoms with E-state index < -0.39 is 0 Å². The summed E-state index contributed by atoms with van der Waals surface area (Å²) in [5.74, 6) is 0.996. The Morgan fingerprint density at radius 3 is 2.28 bits per heavy atom. The van der Waals surface area contributed by atoms with Gasteiger partial charge in [0.05, 0.1) is 12.7 Å². The van der Waals surface area contributed by atoms with Gasteiger partial charge in [0.15, 0.2) is 5.78 Å². The van der Waals surface area contributed by atoms with Gasteiger partial charge in [-0.1, -0.05) is 0 Å². The predicted molar refractivity (Wildman–Crippen MR) is 99.7 cm³/mol. The zero-order chi connectivity index (χ0) is 18.0. The molecule has 0 unspecified atom stereocenters. The van der Waals surface area contributed by atoms with E-state index in [9.17, 15) is 9.59 Å². The standard InChI is InChI=1S/C20H23NO3S/c1-13-12-18(14(2)25-13)20(23)21-10-8-16(9-11-21)19(22)15-4-6-17(24-3)7-5-15/h4-7,12,16H,8-11H2,1-3H3. The lowest BCUT2D eigenvalue weighted by Crippen LogP contribution is -2.40. The van der Waals surface area contributed by atoms with E-state index in [0.717, 1.165) is 39.5 Å². The Hall–Kier alpha value is -2.14. The summed E-state index contributed by atoms with van der Waals surface area (Å²) in [4.78, 5) is 29.5. The number of carbonyl (C=O) groups excluding carboxylic acids is 2. The first-order valence-electron chi connectivity index (χ1n) is 8.54. The molecule has 25 heavy (non-hydrogen) atoms. The molecule has 0 saturated carbocycles. The number of ether oxygens (including phenoxy) is 1. The van der Waals surface area contributed by atoms with Gasteiger partial charge in [-0.15, -0.1) is 11.3 Å². The SMILES string of the molecule is COc1ccc(C(=O)C2CCN(C(=O)c3cc(C)sc3C)CC2)cc1. The second-order valence-electron chi connectivity index (χ2n) is 6.49. The van der Waals surface area contributed by atoms with Gasteiger partial charge in [0.25, 0.3) is 5.91 Å². The third kappa shape index (κ3) is 3.76. The highest BCUT2D eigenvalue weighted by molar-refractivity contribution is 7.12. The minimum atomic E-state index is -0.0113. The lowest BCUT2D eigenvalue weighted by Gasteiger charge is -2.31. The van der Waals surface area contributed by atoms with E-state index in [1.807, 2.05) is 49.1 Å². The first-order chi connectivity index (χ1) is 12.0. The molecule has 0 spiro atoms. The molecule has 1 saturated heterocycles. The van der Waals surface area contributed by atoms with Crippen LogP contribution in [0.1, 0.15) is 43.3 Å². The van der Waals surface area contributed by atoms with E-state index in [1.165, 1.54) is 0 Å². The minimum absolute atomic E-state index is 0.0113. The Balaban J connectivity index is 1.62. The van der Waals surface area contributed by atoms with Crippen molar-refractivity contribution in [3.8, 4) is 5.75 Å². The normalized spacial score (nSPS) is 15.2. The highest BCUT2D eigenvalue weighted by atomic mass is 32.1. The number of likely N-dealkylation sites (tertiary alicyclic amines) is 1. The lowest BCUT2D eigenvalue weighted by molar-refractivity contribution is 0.0650. The van der Waals surface area contributed by atoms with E-state index in [0.29, 0.717) is 13.1 Å². The zero-order valence-electron chi connectivity index (χ0n) is 14.9.